The van der Waals surface area contributed by atoms with E-state index in [1.54, 1.807) is 6.92 Å². The Morgan fingerprint density at radius 1 is 1.18 bits per heavy atom. The van der Waals surface area contributed by atoms with Gasteiger partial charge in [0.2, 0.25) is 0 Å². The number of hydrogen-bond donors (Lipinski definition) is 7. The van der Waals surface area contributed by atoms with Crippen LogP contribution >= 0.6 is 0 Å². The summed E-state index contributed by atoms with van der Waals surface area (Å²) in [6, 6.07) is 0. The van der Waals surface area contributed by atoms with Crippen molar-refractivity contribution in [1.82, 2.24) is 0 Å². The molecule has 1 aliphatic rings. The van der Waals surface area contributed by atoms with E-state index in [-0.39, 0.29) is 6.61 Å². The minimum Gasteiger partial charge on any atom is -0.394 e. The van der Waals surface area contributed by atoms with E-state index in [1.807, 2.05) is 0 Å². The van der Waals surface area contributed by atoms with Crippen LogP contribution in [0.4, 0.5) is 0 Å². The molecule has 9 heteroatoms. The predicted molar refractivity (Wildman–Crippen MR) is 74.6 cm³/mol. The molecule has 0 spiro atoms. The maximum absolute atomic E-state index is 9.95. The lowest BCUT2D eigenvalue weighted by molar-refractivity contribution is -0.305. The summed E-state index contributed by atoms with van der Waals surface area (Å²) in [6.45, 7) is 2.29. The lowest BCUT2D eigenvalue weighted by atomic mass is 9.91. The molecule has 0 radical (unpaired) electrons. The van der Waals surface area contributed by atoms with Gasteiger partial charge in [-0.25, -0.2) is 0 Å². The summed E-state index contributed by atoms with van der Waals surface area (Å²) >= 11 is 0. The Kier molecular flexibility index (Phi) is 7.12. The van der Waals surface area contributed by atoms with Crippen molar-refractivity contribution in [2.45, 2.75) is 68.7 Å². The second kappa shape index (κ2) is 7.95. The SMILES string of the molecule is CC[C@@H](O)[C@@H](O)[C@](C)(N)CO[C@H]1O[C@H](CO)[C@H](O)[C@H](O)[C@H]1O. The lowest BCUT2D eigenvalue weighted by Crippen LogP contribution is -2.61. The fraction of sp³-hybridized carbons (Fsp3) is 1.00. The molecule has 8 N–H and O–H groups in total. The van der Waals surface area contributed by atoms with E-state index in [1.165, 1.54) is 6.92 Å². The van der Waals surface area contributed by atoms with Crippen LogP contribution in [-0.4, -0.2) is 92.3 Å². The molecule has 1 rings (SSSR count). The van der Waals surface area contributed by atoms with Gasteiger partial charge in [0.05, 0.1) is 31.0 Å². The van der Waals surface area contributed by atoms with Crippen LogP contribution in [0.15, 0.2) is 0 Å². The highest BCUT2D eigenvalue weighted by atomic mass is 16.7. The van der Waals surface area contributed by atoms with Crippen LogP contribution in [0.25, 0.3) is 0 Å². The van der Waals surface area contributed by atoms with E-state index < -0.39 is 55.1 Å². The van der Waals surface area contributed by atoms with Crippen molar-refractivity contribution in [2.75, 3.05) is 13.2 Å². The molecule has 0 aromatic rings. The van der Waals surface area contributed by atoms with Gasteiger partial charge in [-0.05, 0) is 13.3 Å². The first-order valence-corrected chi connectivity index (χ1v) is 7.22. The highest BCUT2D eigenvalue weighted by molar-refractivity contribution is 4.93. The molecule has 1 saturated heterocycles. The van der Waals surface area contributed by atoms with Crippen LogP contribution in [0.3, 0.4) is 0 Å². The second-order valence-corrected chi connectivity index (χ2v) is 5.93. The van der Waals surface area contributed by atoms with Gasteiger partial charge in [-0.1, -0.05) is 6.92 Å². The quantitative estimate of drug-likeness (QED) is 0.253. The van der Waals surface area contributed by atoms with Gasteiger partial charge in [-0.2, -0.15) is 0 Å². The van der Waals surface area contributed by atoms with Crippen molar-refractivity contribution in [1.29, 1.82) is 0 Å². The summed E-state index contributed by atoms with van der Waals surface area (Å²) in [6.07, 6.45) is -8.98. The highest BCUT2D eigenvalue weighted by Gasteiger charge is 2.45. The summed E-state index contributed by atoms with van der Waals surface area (Å²) in [5.41, 5.74) is 4.57. The molecule has 0 bridgehead atoms. The minimum absolute atomic E-state index is 0.284. The number of aliphatic hydroxyl groups excluding tert-OH is 6. The molecule has 1 aliphatic heterocycles. The number of hydrogen-bond acceptors (Lipinski definition) is 9. The van der Waals surface area contributed by atoms with Crippen LogP contribution in [0.1, 0.15) is 20.3 Å². The van der Waals surface area contributed by atoms with Crippen LogP contribution in [0.2, 0.25) is 0 Å². The molecular weight excluding hydrogens is 298 g/mol. The van der Waals surface area contributed by atoms with E-state index in [0.29, 0.717) is 6.42 Å². The molecule has 9 nitrogen and oxygen atoms in total. The Hall–Kier alpha value is -0.360. The fourth-order valence-electron chi connectivity index (χ4n) is 2.21. The van der Waals surface area contributed by atoms with E-state index >= 15 is 0 Å². The summed E-state index contributed by atoms with van der Waals surface area (Å²) in [5, 5.41) is 57.8. The molecule has 0 saturated carbocycles. The molecule has 1 heterocycles. The Morgan fingerprint density at radius 2 is 1.77 bits per heavy atom. The molecular formula is C13H27NO8. The third-order valence-corrected chi connectivity index (χ3v) is 3.87. The molecule has 0 aromatic carbocycles. The molecule has 0 unspecified atom stereocenters. The third kappa shape index (κ3) is 4.34. The summed E-state index contributed by atoms with van der Waals surface area (Å²) in [4.78, 5) is 0. The fourth-order valence-corrected chi connectivity index (χ4v) is 2.21. The van der Waals surface area contributed by atoms with Gasteiger partial charge in [0.15, 0.2) is 6.29 Å². The van der Waals surface area contributed by atoms with E-state index in [4.69, 9.17) is 20.3 Å². The van der Waals surface area contributed by atoms with Crippen LogP contribution in [0, 0.1) is 0 Å². The highest BCUT2D eigenvalue weighted by Crippen LogP contribution is 2.23. The largest absolute Gasteiger partial charge is 0.394 e. The van der Waals surface area contributed by atoms with Crippen LogP contribution < -0.4 is 5.73 Å². The molecule has 0 amide bonds. The molecule has 1 fully saturated rings. The zero-order chi connectivity index (χ0) is 17.1. The lowest BCUT2D eigenvalue weighted by Gasteiger charge is -2.41. The first-order valence-electron chi connectivity index (χ1n) is 7.22. The normalized spacial score (nSPS) is 38.3. The number of rotatable bonds is 7. The zero-order valence-corrected chi connectivity index (χ0v) is 12.7. The third-order valence-electron chi connectivity index (χ3n) is 3.87. The first kappa shape index (κ1) is 19.7. The molecule has 0 aromatic heterocycles. The average molecular weight is 325 g/mol. The molecule has 132 valence electrons. The summed E-state index contributed by atoms with van der Waals surface area (Å²) < 4.78 is 10.4. The van der Waals surface area contributed by atoms with Gasteiger partial charge in [0.1, 0.15) is 24.4 Å². The van der Waals surface area contributed by atoms with Crippen molar-refractivity contribution in [3.05, 3.63) is 0 Å². The maximum Gasteiger partial charge on any atom is 0.186 e. The summed E-state index contributed by atoms with van der Waals surface area (Å²) in [5.74, 6) is 0. The van der Waals surface area contributed by atoms with Gasteiger partial charge < -0.3 is 45.8 Å². The molecule has 0 aliphatic carbocycles. The molecule has 8 atom stereocenters. The topological polar surface area (TPSA) is 166 Å². The second-order valence-electron chi connectivity index (χ2n) is 5.93. The number of aliphatic hydroxyl groups is 6. The minimum atomic E-state index is -1.55. The van der Waals surface area contributed by atoms with Crippen molar-refractivity contribution in [3.63, 3.8) is 0 Å². The standard InChI is InChI=1S/C13H27NO8/c1-3-6(16)11(20)13(2,14)5-21-12-10(19)9(18)8(17)7(4-15)22-12/h6-12,15-20H,3-5,14H2,1-2H3/t6-,7-,8+,9+,10-,11-,12+,13-/m1/s1. The van der Waals surface area contributed by atoms with E-state index in [2.05, 4.69) is 0 Å². The smallest absolute Gasteiger partial charge is 0.186 e. The first-order chi connectivity index (χ1) is 10.2. The van der Waals surface area contributed by atoms with Crippen molar-refractivity contribution < 1.29 is 40.1 Å². The van der Waals surface area contributed by atoms with Crippen molar-refractivity contribution >= 4 is 0 Å². The number of ether oxygens (including phenoxy) is 2. The van der Waals surface area contributed by atoms with Gasteiger partial charge in [-0.3, -0.25) is 0 Å². The number of nitrogens with two attached hydrogens (primary N) is 1. The van der Waals surface area contributed by atoms with Crippen molar-refractivity contribution in [2.24, 2.45) is 5.73 Å². The zero-order valence-electron chi connectivity index (χ0n) is 12.7. The van der Waals surface area contributed by atoms with E-state index in [9.17, 15) is 25.5 Å². The van der Waals surface area contributed by atoms with Crippen molar-refractivity contribution in [3.8, 4) is 0 Å². The average Bonchev–Trinajstić information content (AvgIpc) is 2.50. The maximum atomic E-state index is 9.95. The Morgan fingerprint density at radius 3 is 2.27 bits per heavy atom. The monoisotopic (exact) mass is 325 g/mol. The van der Waals surface area contributed by atoms with Gasteiger partial charge in [0, 0.05) is 0 Å². The van der Waals surface area contributed by atoms with Gasteiger partial charge >= 0.3 is 0 Å². The Bertz CT molecular complexity index is 340. The summed E-state index contributed by atoms with van der Waals surface area (Å²) in [7, 11) is 0. The van der Waals surface area contributed by atoms with Gasteiger partial charge in [-0.15, -0.1) is 0 Å². The van der Waals surface area contributed by atoms with Gasteiger partial charge in [0.25, 0.3) is 0 Å². The molecule has 22 heavy (non-hydrogen) atoms. The Balaban J connectivity index is 2.66. The van der Waals surface area contributed by atoms with Crippen LogP contribution in [-0.2, 0) is 9.47 Å². The predicted octanol–water partition coefficient (Wildman–Crippen LogP) is -3.35. The Labute approximate surface area is 128 Å². The van der Waals surface area contributed by atoms with Crippen LogP contribution in [0.5, 0.6) is 0 Å². The van der Waals surface area contributed by atoms with E-state index in [0.717, 1.165) is 0 Å².